The Bertz CT molecular complexity index is 761. The van der Waals surface area contributed by atoms with Gasteiger partial charge in [-0.3, -0.25) is 4.98 Å². The summed E-state index contributed by atoms with van der Waals surface area (Å²) in [4.78, 5) is 4.32. The molecule has 5 heteroatoms. The minimum Gasteiger partial charge on any atom is -0.452 e. The first-order chi connectivity index (χ1) is 9.65. The maximum Gasteiger partial charge on any atom is 0.164 e. The molecule has 3 aromatic rings. The summed E-state index contributed by atoms with van der Waals surface area (Å²) in [5, 5.41) is 1.71. The van der Waals surface area contributed by atoms with Crippen molar-refractivity contribution in [3.8, 4) is 11.5 Å². The molecule has 0 aliphatic heterocycles. The van der Waals surface area contributed by atoms with Gasteiger partial charge in [-0.15, -0.1) is 0 Å². The van der Waals surface area contributed by atoms with Crippen LogP contribution in [0.2, 0.25) is 10.0 Å². The molecule has 100 valence electrons. The molecule has 0 aliphatic carbocycles. The Balaban J connectivity index is 2.10. The van der Waals surface area contributed by atoms with Crippen molar-refractivity contribution in [1.82, 2.24) is 4.98 Å². The van der Waals surface area contributed by atoms with Gasteiger partial charge in [0, 0.05) is 17.3 Å². The highest BCUT2D eigenvalue weighted by atomic mass is 35.5. The Labute approximate surface area is 125 Å². The predicted molar refractivity (Wildman–Crippen MR) is 82.7 cm³/mol. The zero-order valence-electron chi connectivity index (χ0n) is 10.3. The van der Waals surface area contributed by atoms with E-state index in [0.717, 1.165) is 10.9 Å². The van der Waals surface area contributed by atoms with Crippen molar-refractivity contribution < 1.29 is 4.74 Å². The topological polar surface area (TPSA) is 48.1 Å². The number of aromatic nitrogens is 1. The molecule has 0 atom stereocenters. The fourth-order valence-electron chi connectivity index (χ4n) is 1.95. The van der Waals surface area contributed by atoms with E-state index in [0.29, 0.717) is 27.2 Å². The van der Waals surface area contributed by atoms with E-state index in [4.69, 9.17) is 33.7 Å². The molecule has 0 radical (unpaired) electrons. The maximum atomic E-state index is 6.13. The van der Waals surface area contributed by atoms with Crippen LogP contribution in [-0.4, -0.2) is 4.98 Å². The highest BCUT2D eigenvalue weighted by Gasteiger charge is 2.12. The SMILES string of the molecule is Nc1cc(Cl)c(Oc2cccc3cccnc23)c(Cl)c1. The van der Waals surface area contributed by atoms with Crippen LogP contribution >= 0.6 is 23.2 Å². The number of nitrogen functional groups attached to an aromatic ring is 1. The number of benzene rings is 2. The highest BCUT2D eigenvalue weighted by Crippen LogP contribution is 2.39. The third-order valence-electron chi connectivity index (χ3n) is 2.83. The Hall–Kier alpha value is -1.97. The molecular weight excluding hydrogens is 295 g/mol. The molecular formula is C15H10Cl2N2O. The molecule has 0 unspecified atom stereocenters. The lowest BCUT2D eigenvalue weighted by atomic mass is 10.2. The normalized spacial score (nSPS) is 10.7. The molecule has 0 aliphatic rings. The first-order valence-corrected chi connectivity index (χ1v) is 6.67. The highest BCUT2D eigenvalue weighted by molar-refractivity contribution is 6.37. The third kappa shape index (κ3) is 2.38. The molecule has 0 fully saturated rings. The van der Waals surface area contributed by atoms with Crippen molar-refractivity contribution in [2.45, 2.75) is 0 Å². The summed E-state index contributed by atoms with van der Waals surface area (Å²) in [6.07, 6.45) is 1.71. The van der Waals surface area contributed by atoms with Gasteiger partial charge < -0.3 is 10.5 Å². The zero-order valence-corrected chi connectivity index (χ0v) is 11.8. The molecule has 0 spiro atoms. The van der Waals surface area contributed by atoms with Crippen molar-refractivity contribution in [3.05, 3.63) is 58.7 Å². The number of hydrogen-bond donors (Lipinski definition) is 1. The number of ether oxygens (including phenoxy) is 1. The van der Waals surface area contributed by atoms with E-state index in [1.807, 2.05) is 30.3 Å². The van der Waals surface area contributed by atoms with Gasteiger partial charge in [0.05, 0.1) is 10.0 Å². The largest absolute Gasteiger partial charge is 0.452 e. The summed E-state index contributed by atoms with van der Waals surface area (Å²) in [5.74, 6) is 0.970. The average Bonchev–Trinajstić information content (AvgIpc) is 2.43. The van der Waals surface area contributed by atoms with Gasteiger partial charge >= 0.3 is 0 Å². The molecule has 20 heavy (non-hydrogen) atoms. The van der Waals surface area contributed by atoms with Gasteiger partial charge in [0.15, 0.2) is 11.5 Å². The van der Waals surface area contributed by atoms with Crippen LogP contribution < -0.4 is 10.5 Å². The van der Waals surface area contributed by atoms with Gasteiger partial charge in [0.2, 0.25) is 0 Å². The smallest absolute Gasteiger partial charge is 0.164 e. The minimum atomic E-state index is 0.364. The van der Waals surface area contributed by atoms with Crippen LogP contribution in [0.15, 0.2) is 48.7 Å². The lowest BCUT2D eigenvalue weighted by molar-refractivity contribution is 0.488. The lowest BCUT2D eigenvalue weighted by Crippen LogP contribution is -1.92. The summed E-state index contributed by atoms with van der Waals surface area (Å²) in [5.41, 5.74) is 6.91. The molecule has 0 saturated carbocycles. The van der Waals surface area contributed by atoms with E-state index in [2.05, 4.69) is 4.98 Å². The van der Waals surface area contributed by atoms with E-state index >= 15 is 0 Å². The first kappa shape index (κ1) is 13.0. The third-order valence-corrected chi connectivity index (χ3v) is 3.39. The van der Waals surface area contributed by atoms with Gasteiger partial charge in [0.1, 0.15) is 5.52 Å². The van der Waals surface area contributed by atoms with E-state index in [1.165, 1.54) is 0 Å². The fourth-order valence-corrected chi connectivity index (χ4v) is 2.53. The Morgan fingerprint density at radius 1 is 1.00 bits per heavy atom. The molecule has 2 aromatic carbocycles. The van der Waals surface area contributed by atoms with Crippen LogP contribution in [0.4, 0.5) is 5.69 Å². The number of fused-ring (bicyclic) bond motifs is 1. The molecule has 3 nitrogen and oxygen atoms in total. The Morgan fingerprint density at radius 2 is 1.70 bits per heavy atom. The van der Waals surface area contributed by atoms with Crippen molar-refractivity contribution in [1.29, 1.82) is 0 Å². The van der Waals surface area contributed by atoms with Crippen LogP contribution in [0, 0.1) is 0 Å². The van der Waals surface area contributed by atoms with Crippen LogP contribution in [0.5, 0.6) is 11.5 Å². The number of hydrogen-bond acceptors (Lipinski definition) is 3. The van der Waals surface area contributed by atoms with E-state index in [-0.39, 0.29) is 0 Å². The Kier molecular flexibility index (Phi) is 3.38. The first-order valence-electron chi connectivity index (χ1n) is 5.91. The van der Waals surface area contributed by atoms with E-state index in [1.54, 1.807) is 18.3 Å². The lowest BCUT2D eigenvalue weighted by Gasteiger charge is -2.11. The average molecular weight is 305 g/mol. The molecule has 1 heterocycles. The van der Waals surface area contributed by atoms with Crippen LogP contribution in [0.1, 0.15) is 0 Å². The van der Waals surface area contributed by atoms with Crippen LogP contribution in [-0.2, 0) is 0 Å². The van der Waals surface area contributed by atoms with Crippen molar-refractivity contribution in [3.63, 3.8) is 0 Å². The zero-order chi connectivity index (χ0) is 14.1. The summed E-state index contributed by atoms with van der Waals surface area (Å²) in [7, 11) is 0. The second-order valence-corrected chi connectivity index (χ2v) is 5.06. The summed E-state index contributed by atoms with van der Waals surface area (Å²) in [6.45, 7) is 0. The predicted octanol–water partition coefficient (Wildman–Crippen LogP) is 4.92. The van der Waals surface area contributed by atoms with Crippen molar-refractivity contribution >= 4 is 39.8 Å². The maximum absolute atomic E-state index is 6.13. The fraction of sp³-hybridized carbons (Fsp3) is 0. The minimum absolute atomic E-state index is 0.364. The van der Waals surface area contributed by atoms with E-state index < -0.39 is 0 Å². The van der Waals surface area contributed by atoms with E-state index in [9.17, 15) is 0 Å². The number of anilines is 1. The Morgan fingerprint density at radius 3 is 2.45 bits per heavy atom. The van der Waals surface area contributed by atoms with Crippen LogP contribution in [0.25, 0.3) is 10.9 Å². The molecule has 0 bridgehead atoms. The van der Waals surface area contributed by atoms with Crippen molar-refractivity contribution in [2.24, 2.45) is 0 Å². The number of para-hydroxylation sites is 1. The number of rotatable bonds is 2. The molecule has 0 amide bonds. The van der Waals surface area contributed by atoms with Gasteiger partial charge in [0.25, 0.3) is 0 Å². The number of nitrogens with zero attached hydrogens (tertiary/aromatic N) is 1. The van der Waals surface area contributed by atoms with Gasteiger partial charge in [-0.05, 0) is 24.3 Å². The molecule has 0 saturated heterocycles. The van der Waals surface area contributed by atoms with Gasteiger partial charge in [-0.2, -0.15) is 0 Å². The number of nitrogens with two attached hydrogens (primary N) is 1. The summed E-state index contributed by atoms with van der Waals surface area (Å²) in [6, 6.07) is 12.7. The monoisotopic (exact) mass is 304 g/mol. The number of halogens is 2. The van der Waals surface area contributed by atoms with Gasteiger partial charge in [-0.25, -0.2) is 0 Å². The van der Waals surface area contributed by atoms with Crippen molar-refractivity contribution in [2.75, 3.05) is 5.73 Å². The quantitative estimate of drug-likeness (QED) is 0.684. The summed E-state index contributed by atoms with van der Waals surface area (Å²) >= 11 is 12.3. The molecule has 1 aromatic heterocycles. The molecule has 3 rings (SSSR count). The summed E-state index contributed by atoms with van der Waals surface area (Å²) < 4.78 is 5.83. The second kappa shape index (κ2) is 5.19. The van der Waals surface area contributed by atoms with Crippen LogP contribution in [0.3, 0.4) is 0 Å². The second-order valence-electron chi connectivity index (χ2n) is 4.25. The van der Waals surface area contributed by atoms with Gasteiger partial charge in [-0.1, -0.05) is 41.4 Å². The molecule has 2 N–H and O–H groups in total. The standard InChI is InChI=1S/C15H10Cl2N2O/c16-11-7-10(18)8-12(17)15(11)20-13-5-1-3-9-4-2-6-19-14(9)13/h1-8H,18H2. The number of pyridine rings is 1.